The normalized spacial score (nSPS) is 10.6. The zero-order chi connectivity index (χ0) is 23.0. The predicted octanol–water partition coefficient (Wildman–Crippen LogP) is 5.60. The third-order valence-electron chi connectivity index (χ3n) is 6.11. The van der Waals surface area contributed by atoms with E-state index in [1.807, 2.05) is 36.7 Å². The summed E-state index contributed by atoms with van der Waals surface area (Å²) in [6, 6.07) is 22.1. The van der Waals surface area contributed by atoms with Crippen molar-refractivity contribution in [2.45, 2.75) is 26.3 Å². The number of aryl methyl sites for hydroxylation is 2. The van der Waals surface area contributed by atoms with Crippen LogP contribution in [-0.2, 0) is 20.0 Å². The Balaban J connectivity index is 0.00000216. The molecule has 0 aliphatic heterocycles. The molecule has 0 saturated heterocycles. The molecule has 0 aliphatic carbocycles. The highest BCUT2D eigenvalue weighted by Crippen LogP contribution is 2.19. The highest BCUT2D eigenvalue weighted by molar-refractivity contribution is 5.85. The minimum Gasteiger partial charge on any atom is -0.494 e. The van der Waals surface area contributed by atoms with Crippen molar-refractivity contribution in [3.05, 3.63) is 106 Å². The molecule has 0 amide bonds. The summed E-state index contributed by atoms with van der Waals surface area (Å²) >= 11 is 0. The lowest BCUT2D eigenvalue weighted by Gasteiger charge is -2.23. The van der Waals surface area contributed by atoms with Crippen LogP contribution < -0.4 is 10.3 Å². The minimum absolute atomic E-state index is 0. The van der Waals surface area contributed by atoms with Gasteiger partial charge in [-0.1, -0.05) is 24.3 Å². The zero-order valence-electron chi connectivity index (χ0n) is 20.2. The smallest absolute Gasteiger partial charge is 0.250 e. The molecule has 4 aromatic rings. The summed E-state index contributed by atoms with van der Waals surface area (Å²) in [6.45, 7) is 5.71. The molecule has 2 heterocycles. The number of pyridine rings is 2. The van der Waals surface area contributed by atoms with Gasteiger partial charge in [0.15, 0.2) is 0 Å². The average molecular weight is 514 g/mol. The Kier molecular flexibility index (Phi) is 11.3. The van der Waals surface area contributed by atoms with Gasteiger partial charge in [0.1, 0.15) is 5.75 Å². The lowest BCUT2D eigenvalue weighted by Crippen LogP contribution is -2.28. The second-order valence-electron chi connectivity index (χ2n) is 8.46. The zero-order valence-corrected chi connectivity index (χ0v) is 21.9. The van der Waals surface area contributed by atoms with Crippen molar-refractivity contribution >= 4 is 35.7 Å². The first kappa shape index (κ1) is 28.4. The molecule has 0 aliphatic rings. The predicted molar refractivity (Wildman–Crippen MR) is 148 cm³/mol. The molecule has 4 rings (SSSR count). The number of halogens is 2. The molecular formula is C28H33Cl2N3O2. The molecule has 2 aromatic carbocycles. The van der Waals surface area contributed by atoms with E-state index >= 15 is 0 Å². The number of ether oxygens (including phenoxy) is 1. The van der Waals surface area contributed by atoms with Crippen LogP contribution in [-0.4, -0.2) is 34.1 Å². The first-order chi connectivity index (χ1) is 16.1. The maximum absolute atomic E-state index is 11.8. The van der Waals surface area contributed by atoms with E-state index in [1.165, 1.54) is 16.7 Å². The van der Waals surface area contributed by atoms with E-state index in [9.17, 15) is 4.79 Å². The number of aromatic nitrogens is 2. The quantitative estimate of drug-likeness (QED) is 0.259. The molecule has 5 nitrogen and oxygen atoms in total. The van der Waals surface area contributed by atoms with Gasteiger partial charge in [0, 0.05) is 50.5 Å². The summed E-state index contributed by atoms with van der Waals surface area (Å²) in [4.78, 5) is 18.4. The van der Waals surface area contributed by atoms with Gasteiger partial charge in [-0.2, -0.15) is 0 Å². The van der Waals surface area contributed by atoms with E-state index in [4.69, 9.17) is 4.74 Å². The van der Waals surface area contributed by atoms with Gasteiger partial charge in [-0.25, -0.2) is 0 Å². The van der Waals surface area contributed by atoms with Gasteiger partial charge in [0.05, 0.1) is 12.1 Å². The van der Waals surface area contributed by atoms with Crippen LogP contribution in [0.1, 0.15) is 23.1 Å². The Bertz CT molecular complexity index is 1260. The number of benzene rings is 2. The van der Waals surface area contributed by atoms with Gasteiger partial charge < -0.3 is 9.30 Å². The van der Waals surface area contributed by atoms with Crippen LogP contribution in [0.3, 0.4) is 0 Å². The van der Waals surface area contributed by atoms with Crippen LogP contribution in [0.2, 0.25) is 0 Å². The summed E-state index contributed by atoms with van der Waals surface area (Å²) < 4.78 is 7.71. The summed E-state index contributed by atoms with van der Waals surface area (Å²) in [6.07, 6.45) is 5.65. The fourth-order valence-electron chi connectivity index (χ4n) is 4.07. The number of hydrogen-bond donors (Lipinski definition) is 0. The maximum atomic E-state index is 11.8. The van der Waals surface area contributed by atoms with Crippen molar-refractivity contribution in [2.75, 3.05) is 19.7 Å². The second-order valence-corrected chi connectivity index (χ2v) is 8.46. The Morgan fingerprint density at radius 3 is 2.49 bits per heavy atom. The average Bonchev–Trinajstić information content (AvgIpc) is 2.84. The number of nitrogens with zero attached hydrogens (tertiary/aromatic N) is 3. The van der Waals surface area contributed by atoms with Gasteiger partial charge in [0.2, 0.25) is 0 Å². The highest BCUT2D eigenvalue weighted by Gasteiger charge is 2.09. The van der Waals surface area contributed by atoms with E-state index in [2.05, 4.69) is 53.2 Å². The number of rotatable bonds is 10. The molecule has 186 valence electrons. The molecule has 0 saturated carbocycles. The van der Waals surface area contributed by atoms with E-state index in [-0.39, 0.29) is 30.4 Å². The second kappa shape index (κ2) is 13.9. The third-order valence-corrected chi connectivity index (χ3v) is 6.11. The molecule has 0 radical (unpaired) electrons. The standard InChI is InChI=1S/C28H31N3O2.2ClH/c1-22-6-3-4-7-25(22)21-31(18-14-23-12-15-29-16-13-23)17-5-19-33-26-9-10-27-24(20-26)8-11-28(32)30(27)2;;/h3-4,6-13,15-16,20H,5,14,17-19,21H2,1-2H3;2*1H. The first-order valence-corrected chi connectivity index (χ1v) is 11.5. The number of fused-ring (bicyclic) bond motifs is 1. The van der Waals surface area contributed by atoms with Gasteiger partial charge in [-0.3, -0.25) is 14.7 Å². The maximum Gasteiger partial charge on any atom is 0.250 e. The van der Waals surface area contributed by atoms with Crippen molar-refractivity contribution in [1.82, 2.24) is 14.5 Å². The molecule has 0 fully saturated rings. The van der Waals surface area contributed by atoms with Gasteiger partial charge in [-0.05, 0) is 72.9 Å². The summed E-state index contributed by atoms with van der Waals surface area (Å²) in [5.74, 6) is 0.836. The molecule has 35 heavy (non-hydrogen) atoms. The first-order valence-electron chi connectivity index (χ1n) is 11.5. The molecule has 7 heteroatoms. The van der Waals surface area contributed by atoms with Crippen molar-refractivity contribution in [3.8, 4) is 5.75 Å². The molecule has 0 spiro atoms. The van der Waals surface area contributed by atoms with Gasteiger partial charge >= 0.3 is 0 Å². The lowest BCUT2D eigenvalue weighted by molar-refractivity contribution is 0.229. The highest BCUT2D eigenvalue weighted by atomic mass is 35.5. The Labute approximate surface area is 219 Å². The fourth-order valence-corrected chi connectivity index (χ4v) is 4.07. The van der Waals surface area contributed by atoms with Gasteiger partial charge in [-0.15, -0.1) is 24.8 Å². The molecule has 0 N–H and O–H groups in total. The summed E-state index contributed by atoms with van der Waals surface area (Å²) in [5.41, 5.74) is 4.91. The van der Waals surface area contributed by atoms with Crippen LogP contribution >= 0.6 is 24.8 Å². The van der Waals surface area contributed by atoms with E-state index in [0.29, 0.717) is 6.61 Å². The van der Waals surface area contributed by atoms with Crippen molar-refractivity contribution in [2.24, 2.45) is 7.05 Å². The van der Waals surface area contributed by atoms with E-state index in [1.54, 1.807) is 17.7 Å². The molecule has 0 unspecified atom stereocenters. The van der Waals surface area contributed by atoms with Gasteiger partial charge in [0.25, 0.3) is 5.56 Å². The lowest BCUT2D eigenvalue weighted by atomic mass is 10.1. The number of hydrogen-bond acceptors (Lipinski definition) is 4. The van der Waals surface area contributed by atoms with Crippen molar-refractivity contribution in [3.63, 3.8) is 0 Å². The SMILES string of the molecule is Cc1ccccc1CN(CCCOc1ccc2c(ccc(=O)n2C)c1)CCc1ccncc1.Cl.Cl. The largest absolute Gasteiger partial charge is 0.494 e. The molecular weight excluding hydrogens is 481 g/mol. The van der Waals surface area contributed by atoms with E-state index in [0.717, 1.165) is 49.1 Å². The minimum atomic E-state index is -0.00308. The monoisotopic (exact) mass is 513 g/mol. The molecule has 0 bridgehead atoms. The van der Waals surface area contributed by atoms with Crippen molar-refractivity contribution < 1.29 is 4.74 Å². The van der Waals surface area contributed by atoms with Crippen LogP contribution in [0.4, 0.5) is 0 Å². The van der Waals surface area contributed by atoms with Crippen LogP contribution in [0.15, 0.2) is 83.9 Å². The fraction of sp³-hybridized carbons (Fsp3) is 0.286. The van der Waals surface area contributed by atoms with Crippen LogP contribution in [0, 0.1) is 6.92 Å². The topological polar surface area (TPSA) is 47.4 Å². The molecule has 0 atom stereocenters. The van der Waals surface area contributed by atoms with E-state index < -0.39 is 0 Å². The summed E-state index contributed by atoms with van der Waals surface area (Å²) in [7, 11) is 1.79. The van der Waals surface area contributed by atoms with Crippen molar-refractivity contribution in [1.29, 1.82) is 0 Å². The Hall–Kier alpha value is -2.86. The van der Waals surface area contributed by atoms with Crippen LogP contribution in [0.5, 0.6) is 5.75 Å². The van der Waals surface area contributed by atoms with Crippen LogP contribution in [0.25, 0.3) is 10.9 Å². The third kappa shape index (κ3) is 7.82. The molecule has 2 aromatic heterocycles. The summed E-state index contributed by atoms with van der Waals surface area (Å²) in [5, 5.41) is 1.01. The Morgan fingerprint density at radius 2 is 1.71 bits per heavy atom. The Morgan fingerprint density at radius 1 is 0.943 bits per heavy atom.